The average Bonchev–Trinajstić information content (AvgIpc) is 2.82. The summed E-state index contributed by atoms with van der Waals surface area (Å²) >= 11 is 6.04. The highest BCUT2D eigenvalue weighted by atomic mass is 35.5. The number of benzene rings is 1. The van der Waals surface area contributed by atoms with E-state index >= 15 is 0 Å². The fraction of sp³-hybridized carbons (Fsp3) is 0.250. The van der Waals surface area contributed by atoms with Crippen molar-refractivity contribution in [3.63, 3.8) is 0 Å². The Morgan fingerprint density at radius 2 is 2.33 bits per heavy atom. The van der Waals surface area contributed by atoms with Gasteiger partial charge in [0.2, 0.25) is 0 Å². The number of hydrazine groups is 1. The lowest BCUT2D eigenvalue weighted by Gasteiger charge is -2.19. The van der Waals surface area contributed by atoms with Crippen LogP contribution in [0.25, 0.3) is 0 Å². The number of aryl methyl sites for hydroxylation is 1. The Kier molecular flexibility index (Phi) is 3.96. The molecule has 0 radical (unpaired) electrons. The number of nitrogens with one attached hydrogen (secondary N) is 1. The van der Waals surface area contributed by atoms with Crippen LogP contribution in [0.4, 0.5) is 4.39 Å². The average molecular weight is 269 g/mol. The summed E-state index contributed by atoms with van der Waals surface area (Å²) < 4.78 is 15.8. The number of nitrogens with two attached hydrogens (primary N) is 1. The van der Waals surface area contributed by atoms with Gasteiger partial charge in [0, 0.05) is 29.5 Å². The van der Waals surface area contributed by atoms with E-state index in [2.05, 4.69) is 10.4 Å². The maximum Gasteiger partial charge on any atom is 0.131 e. The minimum atomic E-state index is -0.575. The number of hydrogen-bond donors (Lipinski definition) is 2. The largest absolute Gasteiger partial charge is 0.334 e. The molecule has 2 rings (SSSR count). The van der Waals surface area contributed by atoms with Gasteiger partial charge in [-0.2, -0.15) is 0 Å². The molecule has 0 saturated carbocycles. The van der Waals surface area contributed by atoms with Crippen LogP contribution in [0.3, 0.4) is 0 Å². The van der Waals surface area contributed by atoms with Gasteiger partial charge in [0.05, 0.1) is 0 Å². The van der Waals surface area contributed by atoms with Crippen LogP contribution in [0.15, 0.2) is 30.6 Å². The molecule has 1 heterocycles. The summed E-state index contributed by atoms with van der Waals surface area (Å²) in [7, 11) is 0. The first-order valence-corrected chi connectivity index (χ1v) is 5.97. The normalized spacial score (nSPS) is 12.7. The number of imidazole rings is 1. The van der Waals surface area contributed by atoms with Crippen molar-refractivity contribution >= 4 is 11.6 Å². The number of halogens is 2. The molecule has 2 aromatic rings. The van der Waals surface area contributed by atoms with Gasteiger partial charge in [-0.3, -0.25) is 5.84 Å². The molecule has 3 N–H and O–H groups in total. The Labute approximate surface area is 110 Å². The van der Waals surface area contributed by atoms with Crippen LogP contribution in [0.2, 0.25) is 5.02 Å². The lowest BCUT2D eigenvalue weighted by atomic mass is 10.1. The quantitative estimate of drug-likeness (QED) is 0.661. The second-order valence-electron chi connectivity index (χ2n) is 3.81. The van der Waals surface area contributed by atoms with E-state index < -0.39 is 11.9 Å². The van der Waals surface area contributed by atoms with E-state index in [1.54, 1.807) is 18.3 Å². The van der Waals surface area contributed by atoms with E-state index in [1.165, 1.54) is 6.07 Å². The van der Waals surface area contributed by atoms with Gasteiger partial charge in [-0.15, -0.1) is 0 Å². The molecule has 1 atom stereocenters. The van der Waals surface area contributed by atoms with Gasteiger partial charge in [-0.1, -0.05) is 17.7 Å². The van der Waals surface area contributed by atoms with Crippen molar-refractivity contribution < 1.29 is 4.39 Å². The van der Waals surface area contributed by atoms with E-state index in [0.29, 0.717) is 16.4 Å². The first-order valence-electron chi connectivity index (χ1n) is 5.60. The highest BCUT2D eigenvalue weighted by Crippen LogP contribution is 2.29. The van der Waals surface area contributed by atoms with Gasteiger partial charge >= 0.3 is 0 Å². The van der Waals surface area contributed by atoms with Gasteiger partial charge in [-0.05, 0) is 19.1 Å². The minimum absolute atomic E-state index is 0.308. The molecule has 18 heavy (non-hydrogen) atoms. The first-order chi connectivity index (χ1) is 8.69. The maximum absolute atomic E-state index is 13.9. The topological polar surface area (TPSA) is 55.9 Å². The lowest BCUT2D eigenvalue weighted by molar-refractivity contribution is 0.523. The predicted octanol–water partition coefficient (Wildman–Crippen LogP) is 2.25. The van der Waals surface area contributed by atoms with Gasteiger partial charge in [0.1, 0.15) is 17.7 Å². The minimum Gasteiger partial charge on any atom is -0.334 e. The van der Waals surface area contributed by atoms with Crippen molar-refractivity contribution in [3.8, 4) is 0 Å². The number of hydrogen-bond acceptors (Lipinski definition) is 3. The smallest absolute Gasteiger partial charge is 0.131 e. The molecule has 0 spiro atoms. The predicted molar refractivity (Wildman–Crippen MR) is 68.5 cm³/mol. The number of rotatable bonds is 4. The molecule has 1 unspecified atom stereocenters. The van der Waals surface area contributed by atoms with Gasteiger partial charge in [0.25, 0.3) is 0 Å². The van der Waals surface area contributed by atoms with Crippen LogP contribution in [0.1, 0.15) is 24.4 Å². The third-order valence-corrected chi connectivity index (χ3v) is 3.13. The molecule has 0 fully saturated rings. The zero-order valence-corrected chi connectivity index (χ0v) is 10.7. The molecular weight excluding hydrogens is 255 g/mol. The SMILES string of the molecule is CCn1ccnc1C(NN)c1c(F)cccc1Cl. The first kappa shape index (κ1) is 13.0. The van der Waals surface area contributed by atoms with Crippen LogP contribution in [-0.4, -0.2) is 9.55 Å². The van der Waals surface area contributed by atoms with Crippen molar-refractivity contribution in [2.24, 2.45) is 5.84 Å². The summed E-state index contributed by atoms with van der Waals surface area (Å²) in [6, 6.07) is 3.96. The summed E-state index contributed by atoms with van der Waals surface area (Å²) in [6.45, 7) is 2.70. The van der Waals surface area contributed by atoms with E-state index in [9.17, 15) is 4.39 Å². The standard InChI is InChI=1S/C12H14ClFN4/c1-2-18-7-6-16-12(18)11(17-15)10-8(13)4-3-5-9(10)14/h3-7,11,17H,2,15H2,1H3. The second-order valence-corrected chi connectivity index (χ2v) is 4.21. The van der Waals surface area contributed by atoms with Crippen molar-refractivity contribution in [2.75, 3.05) is 0 Å². The zero-order chi connectivity index (χ0) is 13.1. The Hall–Kier alpha value is -1.43. The molecule has 0 saturated heterocycles. The Bertz CT molecular complexity index is 520. The van der Waals surface area contributed by atoms with Crippen LogP contribution in [-0.2, 0) is 6.54 Å². The molecule has 0 aliphatic rings. The van der Waals surface area contributed by atoms with E-state index in [0.717, 1.165) is 6.54 Å². The van der Waals surface area contributed by atoms with Crippen molar-refractivity contribution in [2.45, 2.75) is 19.5 Å². The van der Waals surface area contributed by atoms with E-state index in [-0.39, 0.29) is 0 Å². The molecule has 1 aromatic heterocycles. The van der Waals surface area contributed by atoms with Gasteiger partial charge in [-0.25, -0.2) is 14.8 Å². The third-order valence-electron chi connectivity index (χ3n) is 2.80. The highest BCUT2D eigenvalue weighted by molar-refractivity contribution is 6.31. The van der Waals surface area contributed by atoms with E-state index in [4.69, 9.17) is 17.4 Å². The molecule has 0 amide bonds. The summed E-state index contributed by atoms with van der Waals surface area (Å²) in [5, 5.41) is 0.323. The Morgan fingerprint density at radius 1 is 1.56 bits per heavy atom. The van der Waals surface area contributed by atoms with Crippen LogP contribution >= 0.6 is 11.6 Å². The Balaban J connectivity index is 2.52. The van der Waals surface area contributed by atoms with Gasteiger partial charge in [0.15, 0.2) is 0 Å². The molecule has 0 aliphatic heterocycles. The van der Waals surface area contributed by atoms with E-state index in [1.807, 2.05) is 17.7 Å². The molecule has 96 valence electrons. The lowest BCUT2D eigenvalue weighted by Crippen LogP contribution is -2.32. The second kappa shape index (κ2) is 5.48. The molecule has 0 bridgehead atoms. The van der Waals surface area contributed by atoms with Crippen LogP contribution in [0, 0.1) is 5.82 Å². The number of aromatic nitrogens is 2. The van der Waals surface area contributed by atoms with Crippen LogP contribution < -0.4 is 11.3 Å². The molecule has 4 nitrogen and oxygen atoms in total. The summed E-state index contributed by atoms with van der Waals surface area (Å²) in [4.78, 5) is 4.21. The molecule has 6 heteroatoms. The molecular formula is C12H14ClFN4. The van der Waals surface area contributed by atoms with Crippen molar-refractivity contribution in [1.82, 2.24) is 15.0 Å². The monoisotopic (exact) mass is 268 g/mol. The van der Waals surface area contributed by atoms with Crippen LogP contribution in [0.5, 0.6) is 0 Å². The fourth-order valence-corrected chi connectivity index (χ4v) is 2.19. The zero-order valence-electron chi connectivity index (χ0n) is 9.90. The summed E-state index contributed by atoms with van der Waals surface area (Å²) in [6.07, 6.45) is 3.46. The summed E-state index contributed by atoms with van der Waals surface area (Å²) in [5.41, 5.74) is 2.88. The highest BCUT2D eigenvalue weighted by Gasteiger charge is 2.23. The third kappa shape index (κ3) is 2.25. The fourth-order valence-electron chi connectivity index (χ4n) is 1.92. The van der Waals surface area contributed by atoms with Crippen molar-refractivity contribution in [1.29, 1.82) is 0 Å². The maximum atomic E-state index is 13.9. The molecule has 0 aliphatic carbocycles. The Morgan fingerprint density at radius 3 is 2.94 bits per heavy atom. The molecule has 1 aromatic carbocycles. The number of nitrogens with zero attached hydrogens (tertiary/aromatic N) is 2. The van der Waals surface area contributed by atoms with Gasteiger partial charge < -0.3 is 4.57 Å². The summed E-state index contributed by atoms with van der Waals surface area (Å²) in [5.74, 6) is 5.75. The van der Waals surface area contributed by atoms with Crippen molar-refractivity contribution in [3.05, 3.63) is 52.8 Å².